The number of rotatable bonds is 6. The van der Waals surface area contributed by atoms with E-state index in [1.807, 2.05) is 12.1 Å². The normalized spacial score (nSPS) is 16.8. The number of methoxy groups -OCH3 is 3. The van der Waals surface area contributed by atoms with Gasteiger partial charge in [-0.05, 0) is 24.5 Å². The Morgan fingerprint density at radius 2 is 1.89 bits per heavy atom. The van der Waals surface area contributed by atoms with E-state index in [4.69, 9.17) is 19.9 Å². The Bertz CT molecular complexity index is 436. The summed E-state index contributed by atoms with van der Waals surface area (Å²) in [5, 5.41) is 0. The van der Waals surface area contributed by atoms with Crippen LogP contribution >= 0.6 is 0 Å². The summed E-state index contributed by atoms with van der Waals surface area (Å²) in [6.45, 7) is 1.19. The molecular weight excluding hydrogens is 242 g/mol. The molecule has 1 aromatic carbocycles. The van der Waals surface area contributed by atoms with Crippen LogP contribution in [-0.4, -0.2) is 27.9 Å². The summed E-state index contributed by atoms with van der Waals surface area (Å²) in [7, 11) is 5.05. The summed E-state index contributed by atoms with van der Waals surface area (Å²) in [5.41, 5.74) is 8.39. The lowest BCUT2D eigenvalue weighted by Crippen LogP contribution is -2.42. The van der Waals surface area contributed by atoms with E-state index in [9.17, 15) is 0 Å². The summed E-state index contributed by atoms with van der Waals surface area (Å²) in [4.78, 5) is 0. The molecule has 0 unspecified atom stereocenters. The molecule has 1 fully saturated rings. The maximum atomic E-state index is 6.03. The van der Waals surface area contributed by atoms with Gasteiger partial charge in [-0.3, -0.25) is 0 Å². The Kier molecular flexibility index (Phi) is 4.32. The molecule has 4 nitrogen and oxygen atoms in total. The summed E-state index contributed by atoms with van der Waals surface area (Å²) in [6.07, 6.45) is 3.45. The summed E-state index contributed by atoms with van der Waals surface area (Å²) >= 11 is 0. The van der Waals surface area contributed by atoms with Crippen LogP contribution < -0.4 is 15.2 Å². The molecule has 0 spiro atoms. The van der Waals surface area contributed by atoms with Gasteiger partial charge in [0.2, 0.25) is 0 Å². The number of nitrogens with two attached hydrogens (primary N) is 1. The van der Waals surface area contributed by atoms with Crippen LogP contribution in [0.25, 0.3) is 0 Å². The van der Waals surface area contributed by atoms with Crippen LogP contribution in [0.2, 0.25) is 0 Å². The van der Waals surface area contributed by atoms with Crippen molar-refractivity contribution in [1.82, 2.24) is 0 Å². The Balaban J connectivity index is 2.55. The highest BCUT2D eigenvalue weighted by Crippen LogP contribution is 2.49. The molecule has 2 N–H and O–H groups in total. The molecule has 0 heterocycles. The number of hydrogen-bond acceptors (Lipinski definition) is 4. The zero-order valence-corrected chi connectivity index (χ0v) is 12.0. The maximum absolute atomic E-state index is 6.03. The number of ether oxygens (including phenoxy) is 3. The van der Waals surface area contributed by atoms with Gasteiger partial charge in [0, 0.05) is 30.7 Å². The van der Waals surface area contributed by atoms with Gasteiger partial charge in [0.15, 0.2) is 0 Å². The summed E-state index contributed by atoms with van der Waals surface area (Å²) in [5.74, 6) is 1.65. The Labute approximate surface area is 114 Å². The van der Waals surface area contributed by atoms with Gasteiger partial charge in [-0.15, -0.1) is 0 Å². The molecule has 1 saturated carbocycles. The fourth-order valence-corrected chi connectivity index (χ4v) is 2.96. The molecule has 0 atom stereocenters. The largest absolute Gasteiger partial charge is 0.497 e. The molecule has 106 valence electrons. The Hall–Kier alpha value is -1.26. The topological polar surface area (TPSA) is 53.7 Å². The van der Waals surface area contributed by atoms with Crippen molar-refractivity contribution in [2.75, 3.05) is 27.9 Å². The van der Waals surface area contributed by atoms with Gasteiger partial charge < -0.3 is 19.9 Å². The van der Waals surface area contributed by atoms with Gasteiger partial charge in [-0.1, -0.05) is 6.42 Å². The van der Waals surface area contributed by atoms with Crippen molar-refractivity contribution in [1.29, 1.82) is 0 Å². The average Bonchev–Trinajstić information content (AvgIpc) is 2.39. The second-order valence-corrected chi connectivity index (χ2v) is 5.13. The van der Waals surface area contributed by atoms with E-state index >= 15 is 0 Å². The van der Waals surface area contributed by atoms with Crippen molar-refractivity contribution in [3.8, 4) is 11.5 Å². The van der Waals surface area contributed by atoms with Crippen LogP contribution in [0.5, 0.6) is 11.5 Å². The van der Waals surface area contributed by atoms with Crippen molar-refractivity contribution in [2.24, 2.45) is 5.73 Å². The lowest BCUT2D eigenvalue weighted by molar-refractivity contribution is 0.176. The summed E-state index contributed by atoms with van der Waals surface area (Å²) in [6, 6.07) is 3.96. The van der Waals surface area contributed by atoms with Crippen molar-refractivity contribution < 1.29 is 14.2 Å². The highest BCUT2D eigenvalue weighted by atomic mass is 16.5. The van der Waals surface area contributed by atoms with E-state index in [-0.39, 0.29) is 5.41 Å². The third kappa shape index (κ3) is 2.42. The van der Waals surface area contributed by atoms with Crippen LogP contribution in [0, 0.1) is 0 Å². The molecule has 1 aliphatic carbocycles. The first-order chi connectivity index (χ1) is 9.20. The fraction of sp³-hybridized carbons (Fsp3) is 0.600. The molecule has 0 saturated heterocycles. The molecule has 19 heavy (non-hydrogen) atoms. The molecule has 1 aliphatic rings. The third-order valence-corrected chi connectivity index (χ3v) is 4.14. The third-order valence-electron chi connectivity index (χ3n) is 4.14. The van der Waals surface area contributed by atoms with E-state index < -0.39 is 0 Å². The molecule has 0 radical (unpaired) electrons. The number of benzene rings is 1. The van der Waals surface area contributed by atoms with Gasteiger partial charge in [-0.25, -0.2) is 0 Å². The maximum Gasteiger partial charge on any atom is 0.126 e. The Morgan fingerprint density at radius 3 is 2.32 bits per heavy atom. The van der Waals surface area contributed by atoms with E-state index in [2.05, 4.69) is 0 Å². The number of hydrogen-bond donors (Lipinski definition) is 1. The second kappa shape index (κ2) is 5.80. The fourth-order valence-electron chi connectivity index (χ4n) is 2.96. The van der Waals surface area contributed by atoms with E-state index in [1.165, 1.54) is 12.0 Å². The van der Waals surface area contributed by atoms with E-state index in [0.29, 0.717) is 13.2 Å². The molecule has 4 heteroatoms. The summed E-state index contributed by atoms with van der Waals surface area (Å²) < 4.78 is 16.2. The predicted octanol–water partition coefficient (Wildman–Crippen LogP) is 2.23. The molecule has 0 aromatic heterocycles. The molecule has 0 bridgehead atoms. The monoisotopic (exact) mass is 265 g/mol. The second-order valence-electron chi connectivity index (χ2n) is 5.13. The van der Waals surface area contributed by atoms with Gasteiger partial charge >= 0.3 is 0 Å². The van der Waals surface area contributed by atoms with Crippen LogP contribution in [-0.2, 0) is 16.8 Å². The zero-order valence-electron chi connectivity index (χ0n) is 12.0. The standard InChI is InChI=1S/C15H23NO3/c1-17-9-11-7-12(18-2)8-13(19-3)14(11)15(10-16)5-4-6-15/h7-8H,4-6,9-10,16H2,1-3H3. The van der Waals surface area contributed by atoms with Gasteiger partial charge in [-0.2, -0.15) is 0 Å². The van der Waals surface area contributed by atoms with E-state index in [0.717, 1.165) is 29.9 Å². The van der Waals surface area contributed by atoms with Gasteiger partial charge in [0.05, 0.1) is 20.8 Å². The van der Waals surface area contributed by atoms with Crippen LogP contribution in [0.1, 0.15) is 30.4 Å². The minimum absolute atomic E-state index is 0.0471. The van der Waals surface area contributed by atoms with Crippen LogP contribution in [0.3, 0.4) is 0 Å². The molecule has 0 amide bonds. The minimum Gasteiger partial charge on any atom is -0.497 e. The van der Waals surface area contributed by atoms with Gasteiger partial charge in [0.1, 0.15) is 11.5 Å². The first-order valence-corrected chi connectivity index (χ1v) is 6.65. The van der Waals surface area contributed by atoms with Crippen molar-refractivity contribution >= 4 is 0 Å². The van der Waals surface area contributed by atoms with Crippen molar-refractivity contribution in [3.05, 3.63) is 23.3 Å². The van der Waals surface area contributed by atoms with Crippen LogP contribution in [0.15, 0.2) is 12.1 Å². The first-order valence-electron chi connectivity index (χ1n) is 6.65. The highest BCUT2D eigenvalue weighted by Gasteiger charge is 2.41. The quantitative estimate of drug-likeness (QED) is 0.857. The van der Waals surface area contributed by atoms with E-state index in [1.54, 1.807) is 21.3 Å². The lowest BCUT2D eigenvalue weighted by atomic mass is 9.63. The Morgan fingerprint density at radius 1 is 1.16 bits per heavy atom. The van der Waals surface area contributed by atoms with Crippen LogP contribution in [0.4, 0.5) is 0 Å². The zero-order chi connectivity index (χ0) is 13.9. The molecule has 1 aromatic rings. The SMILES string of the molecule is COCc1cc(OC)cc(OC)c1C1(CN)CCC1. The lowest BCUT2D eigenvalue weighted by Gasteiger charge is -2.43. The smallest absolute Gasteiger partial charge is 0.126 e. The highest BCUT2D eigenvalue weighted by molar-refractivity contribution is 5.51. The predicted molar refractivity (Wildman–Crippen MR) is 74.8 cm³/mol. The van der Waals surface area contributed by atoms with Gasteiger partial charge in [0.25, 0.3) is 0 Å². The first kappa shape index (κ1) is 14.2. The molecule has 2 rings (SSSR count). The average molecular weight is 265 g/mol. The van der Waals surface area contributed by atoms with Crippen molar-refractivity contribution in [3.63, 3.8) is 0 Å². The van der Waals surface area contributed by atoms with Crippen molar-refractivity contribution in [2.45, 2.75) is 31.3 Å². The molecule has 0 aliphatic heterocycles. The molecular formula is C15H23NO3. The minimum atomic E-state index is 0.0471.